The third-order valence-corrected chi connectivity index (χ3v) is 6.64. The van der Waals surface area contributed by atoms with Gasteiger partial charge >= 0.3 is 6.09 Å². The van der Waals surface area contributed by atoms with Gasteiger partial charge < -0.3 is 24.6 Å². The first-order valence-electron chi connectivity index (χ1n) is 11.3. The molecule has 0 saturated carbocycles. The second kappa shape index (κ2) is 9.79. The molecule has 3 fully saturated rings. The molecule has 1 N–H and O–H groups in total. The van der Waals surface area contributed by atoms with Gasteiger partial charge in [-0.3, -0.25) is 4.79 Å². The molecule has 164 valence electrons. The molecular weight excluding hydrogens is 382 g/mol. The second-order valence-electron chi connectivity index (χ2n) is 8.69. The minimum atomic E-state index is -1.01. The van der Waals surface area contributed by atoms with E-state index in [0.29, 0.717) is 19.1 Å². The summed E-state index contributed by atoms with van der Waals surface area (Å²) in [4.78, 5) is 30.3. The molecule has 1 atom stereocenters. The van der Waals surface area contributed by atoms with Crippen molar-refractivity contribution in [1.82, 2.24) is 15.1 Å². The molecule has 0 spiro atoms. The topological polar surface area (TPSA) is 71.1 Å². The van der Waals surface area contributed by atoms with E-state index in [1.54, 1.807) is 0 Å². The summed E-state index contributed by atoms with van der Waals surface area (Å²) >= 11 is 0. The van der Waals surface area contributed by atoms with Crippen LogP contribution in [0.5, 0.6) is 0 Å². The van der Waals surface area contributed by atoms with Crippen LogP contribution in [0.2, 0.25) is 0 Å². The average molecular weight is 416 g/mol. The Morgan fingerprint density at radius 2 is 1.80 bits per heavy atom. The maximum Gasteiger partial charge on any atom is 0.408 e. The molecule has 30 heavy (non-hydrogen) atoms. The molecule has 2 amide bonds. The highest BCUT2D eigenvalue weighted by atomic mass is 16.5. The Labute approximate surface area is 178 Å². The molecule has 0 radical (unpaired) electrons. The summed E-state index contributed by atoms with van der Waals surface area (Å²) in [5.74, 6) is -0.0336. The van der Waals surface area contributed by atoms with Gasteiger partial charge in [0.15, 0.2) is 0 Å². The van der Waals surface area contributed by atoms with Crippen molar-refractivity contribution in [2.24, 2.45) is 0 Å². The summed E-state index contributed by atoms with van der Waals surface area (Å²) in [6.07, 6.45) is 5.83. The van der Waals surface area contributed by atoms with Crippen molar-refractivity contribution in [1.29, 1.82) is 0 Å². The van der Waals surface area contributed by atoms with Crippen LogP contribution in [-0.2, 0) is 20.9 Å². The first-order chi connectivity index (χ1) is 14.7. The van der Waals surface area contributed by atoms with E-state index in [-0.39, 0.29) is 19.1 Å². The van der Waals surface area contributed by atoms with E-state index >= 15 is 0 Å². The standard InChI is InChI=1S/C23H33N3O4/c27-21(26-14-9-20(10-15-26)25-12-5-2-6-13-25)23(11-16-29-18-23)24-22(28)30-17-19-7-3-1-4-8-19/h1,3-4,7-8,20H,2,5-6,9-18H2,(H,24,28). The molecule has 3 aliphatic rings. The molecule has 4 rings (SSSR count). The Kier molecular flexibility index (Phi) is 6.89. The Hall–Kier alpha value is -2.12. The van der Waals surface area contributed by atoms with Gasteiger partial charge in [0.05, 0.1) is 6.61 Å². The van der Waals surface area contributed by atoms with Gasteiger partial charge in [0.1, 0.15) is 12.1 Å². The number of hydrogen-bond donors (Lipinski definition) is 1. The van der Waals surface area contributed by atoms with Crippen LogP contribution in [0.25, 0.3) is 0 Å². The fourth-order valence-corrected chi connectivity index (χ4v) is 4.86. The van der Waals surface area contributed by atoms with Crippen LogP contribution in [0.4, 0.5) is 4.79 Å². The maximum absolute atomic E-state index is 13.4. The highest BCUT2D eigenvalue weighted by molar-refractivity contribution is 5.90. The lowest BCUT2D eigenvalue weighted by molar-refractivity contribution is -0.140. The molecule has 7 nitrogen and oxygen atoms in total. The lowest BCUT2D eigenvalue weighted by Gasteiger charge is -2.42. The number of nitrogens with one attached hydrogen (secondary N) is 1. The summed E-state index contributed by atoms with van der Waals surface area (Å²) in [5.41, 5.74) is -0.0957. The number of hydrogen-bond acceptors (Lipinski definition) is 5. The monoisotopic (exact) mass is 415 g/mol. The Morgan fingerprint density at radius 3 is 2.47 bits per heavy atom. The number of carbonyl (C=O) groups is 2. The van der Waals surface area contributed by atoms with Crippen LogP contribution < -0.4 is 5.32 Å². The van der Waals surface area contributed by atoms with Crippen LogP contribution in [0.15, 0.2) is 30.3 Å². The summed E-state index contributed by atoms with van der Waals surface area (Å²) in [6.45, 7) is 4.70. The Morgan fingerprint density at radius 1 is 1.07 bits per heavy atom. The molecule has 7 heteroatoms. The van der Waals surface area contributed by atoms with Crippen LogP contribution in [0.1, 0.15) is 44.1 Å². The highest BCUT2D eigenvalue weighted by Crippen LogP contribution is 2.26. The number of rotatable bonds is 5. The summed E-state index contributed by atoms with van der Waals surface area (Å²) in [6, 6.07) is 10.1. The highest BCUT2D eigenvalue weighted by Gasteiger charge is 2.47. The predicted octanol–water partition coefficient (Wildman–Crippen LogP) is 2.55. The second-order valence-corrected chi connectivity index (χ2v) is 8.69. The molecule has 1 unspecified atom stereocenters. The molecule has 0 aliphatic carbocycles. The smallest absolute Gasteiger partial charge is 0.408 e. The lowest BCUT2D eigenvalue weighted by Crippen LogP contribution is -2.62. The summed E-state index contributed by atoms with van der Waals surface area (Å²) in [5, 5.41) is 2.85. The number of benzene rings is 1. The Bertz CT molecular complexity index is 706. The fourth-order valence-electron chi connectivity index (χ4n) is 4.86. The third-order valence-electron chi connectivity index (χ3n) is 6.64. The van der Waals surface area contributed by atoms with Gasteiger partial charge in [-0.25, -0.2) is 4.79 Å². The van der Waals surface area contributed by atoms with Crippen molar-refractivity contribution in [2.45, 2.75) is 56.7 Å². The van der Waals surface area contributed by atoms with Gasteiger partial charge in [-0.15, -0.1) is 0 Å². The molecule has 1 aromatic rings. The zero-order valence-corrected chi connectivity index (χ0v) is 17.7. The Balaban J connectivity index is 1.31. The molecule has 3 aliphatic heterocycles. The molecule has 3 heterocycles. The van der Waals surface area contributed by atoms with Gasteiger partial charge in [-0.05, 0) is 44.3 Å². The number of ether oxygens (including phenoxy) is 2. The van der Waals surface area contributed by atoms with Crippen LogP contribution in [0.3, 0.4) is 0 Å². The molecule has 1 aromatic carbocycles. The van der Waals surface area contributed by atoms with Gasteiger partial charge in [0.25, 0.3) is 5.91 Å². The van der Waals surface area contributed by atoms with Gasteiger partial charge in [0, 0.05) is 32.2 Å². The third kappa shape index (κ3) is 4.95. The van der Waals surface area contributed by atoms with Crippen molar-refractivity contribution in [3.63, 3.8) is 0 Å². The maximum atomic E-state index is 13.4. The molecular formula is C23H33N3O4. The van der Waals surface area contributed by atoms with E-state index in [1.165, 1.54) is 32.4 Å². The number of carbonyl (C=O) groups excluding carboxylic acids is 2. The van der Waals surface area contributed by atoms with Crippen LogP contribution in [-0.4, -0.2) is 72.8 Å². The number of amides is 2. The van der Waals surface area contributed by atoms with Gasteiger partial charge in [-0.2, -0.15) is 0 Å². The summed E-state index contributed by atoms with van der Waals surface area (Å²) in [7, 11) is 0. The number of likely N-dealkylation sites (tertiary alicyclic amines) is 2. The molecule has 3 saturated heterocycles. The number of piperidine rings is 2. The van der Waals surface area contributed by atoms with Crippen LogP contribution >= 0.6 is 0 Å². The van der Waals surface area contributed by atoms with E-state index in [0.717, 1.165) is 31.5 Å². The van der Waals surface area contributed by atoms with Crippen LogP contribution in [0, 0.1) is 0 Å². The van der Waals surface area contributed by atoms with E-state index in [9.17, 15) is 9.59 Å². The van der Waals surface area contributed by atoms with E-state index < -0.39 is 11.6 Å². The van der Waals surface area contributed by atoms with Crippen molar-refractivity contribution in [2.75, 3.05) is 39.4 Å². The van der Waals surface area contributed by atoms with Crippen molar-refractivity contribution >= 4 is 12.0 Å². The largest absolute Gasteiger partial charge is 0.445 e. The minimum Gasteiger partial charge on any atom is -0.445 e. The molecule has 0 aromatic heterocycles. The van der Waals surface area contributed by atoms with Crippen molar-refractivity contribution < 1.29 is 19.1 Å². The first kappa shape index (κ1) is 21.1. The van der Waals surface area contributed by atoms with E-state index in [2.05, 4.69) is 10.2 Å². The van der Waals surface area contributed by atoms with Gasteiger partial charge in [0.2, 0.25) is 0 Å². The normalized spacial score (nSPS) is 25.8. The van der Waals surface area contributed by atoms with E-state index in [1.807, 2.05) is 35.2 Å². The number of alkyl carbamates (subject to hydrolysis) is 1. The van der Waals surface area contributed by atoms with Crippen molar-refractivity contribution in [3.8, 4) is 0 Å². The first-order valence-corrected chi connectivity index (χ1v) is 11.3. The fraction of sp³-hybridized carbons (Fsp3) is 0.652. The number of nitrogens with zero attached hydrogens (tertiary/aromatic N) is 2. The molecule has 0 bridgehead atoms. The van der Waals surface area contributed by atoms with E-state index in [4.69, 9.17) is 9.47 Å². The lowest BCUT2D eigenvalue weighted by atomic mass is 9.94. The minimum absolute atomic E-state index is 0.0336. The van der Waals surface area contributed by atoms with Gasteiger partial charge in [-0.1, -0.05) is 36.8 Å². The SMILES string of the molecule is O=C(NC1(C(=O)N2CCC(N3CCCCC3)CC2)CCOC1)OCc1ccccc1. The van der Waals surface area contributed by atoms with Crippen molar-refractivity contribution in [3.05, 3.63) is 35.9 Å². The average Bonchev–Trinajstić information content (AvgIpc) is 3.28. The zero-order chi connectivity index (χ0) is 20.8. The predicted molar refractivity (Wildman–Crippen MR) is 113 cm³/mol. The quantitative estimate of drug-likeness (QED) is 0.800. The summed E-state index contributed by atoms with van der Waals surface area (Å²) < 4.78 is 10.9. The zero-order valence-electron chi connectivity index (χ0n) is 17.7.